The molecular weight excluding hydrogens is 1610 g/mol. The molecule has 0 nitrogen and oxygen atoms in total. The topological polar surface area (TPSA) is 0 Å². The molecule has 0 atom stereocenters. The first-order chi connectivity index (χ1) is 64.7. The Labute approximate surface area is 787 Å². The van der Waals surface area contributed by atoms with Crippen LogP contribution in [0.1, 0.15) is 153 Å². The number of benzene rings is 22. The lowest BCUT2D eigenvalue weighted by molar-refractivity contribution is 0.601. The van der Waals surface area contributed by atoms with Gasteiger partial charge in [-0.05, 0) is 365 Å². The third kappa shape index (κ3) is 12.3. The first-order valence-corrected chi connectivity index (χ1v) is 48.2. The Balaban J connectivity index is 0.000000143. The maximum Gasteiger partial charge on any atom is 0.0159 e. The minimum atomic E-state index is -0.141. The van der Waals surface area contributed by atoms with E-state index in [0.717, 1.165) is 0 Å². The Kier molecular flexibility index (Phi) is 17.8. The molecule has 0 fully saturated rings. The molecule has 642 valence electrons. The van der Waals surface area contributed by atoms with Crippen molar-refractivity contribution in [1.29, 1.82) is 0 Å². The molecule has 0 N–H and O–H groups in total. The van der Waals surface area contributed by atoms with E-state index >= 15 is 0 Å². The van der Waals surface area contributed by atoms with E-state index in [-0.39, 0.29) is 32.5 Å². The molecule has 0 saturated carbocycles. The van der Waals surface area contributed by atoms with Crippen LogP contribution in [0.25, 0.3) is 219 Å². The minimum absolute atomic E-state index is 0.0942. The van der Waals surface area contributed by atoms with Gasteiger partial charge in [0.15, 0.2) is 0 Å². The maximum absolute atomic E-state index is 2.51. The summed E-state index contributed by atoms with van der Waals surface area (Å²) in [6.45, 7) is 33.4. The van der Waals surface area contributed by atoms with E-state index in [9.17, 15) is 0 Å². The first-order valence-electron chi connectivity index (χ1n) is 48.2. The average Bonchev–Trinajstić information content (AvgIpc) is 1.64. The van der Waals surface area contributed by atoms with Crippen LogP contribution in [-0.4, -0.2) is 0 Å². The quantitative estimate of drug-likeness (QED) is 0.105. The molecule has 26 rings (SSSR count). The normalized spacial score (nSPS) is 14.4. The van der Waals surface area contributed by atoms with Gasteiger partial charge in [-0.25, -0.2) is 0 Å². The predicted octanol–water partition coefficient (Wildman–Crippen LogP) is 37.2. The second kappa shape index (κ2) is 29.3. The second-order valence-electron chi connectivity index (χ2n) is 42.9. The number of hydrogen-bond donors (Lipinski definition) is 0. The molecular formula is C134H106. The second-order valence-corrected chi connectivity index (χ2v) is 42.9. The van der Waals surface area contributed by atoms with E-state index in [2.05, 4.69) is 485 Å². The Morgan fingerprint density at radius 1 is 0.149 bits per heavy atom. The molecule has 0 spiro atoms. The summed E-state index contributed by atoms with van der Waals surface area (Å²) in [5.41, 5.74) is 41.4. The van der Waals surface area contributed by atoms with E-state index < -0.39 is 0 Å². The van der Waals surface area contributed by atoms with Crippen LogP contribution in [-0.2, 0) is 32.5 Å². The fraction of sp³-hybridized carbons (Fsp3) is 0.149. The summed E-state index contributed by atoms with van der Waals surface area (Å²) in [5.74, 6) is 0. The average molecular weight is 1720 g/mol. The van der Waals surface area contributed by atoms with Gasteiger partial charge in [0, 0.05) is 21.7 Å². The van der Waals surface area contributed by atoms with E-state index in [1.807, 2.05) is 0 Å². The summed E-state index contributed by atoms with van der Waals surface area (Å²) in [6.07, 6.45) is 0. The molecule has 4 aliphatic rings. The lowest BCUT2D eigenvalue weighted by Gasteiger charge is -2.27. The highest BCUT2D eigenvalue weighted by Gasteiger charge is 2.41. The lowest BCUT2D eigenvalue weighted by atomic mass is 9.77. The Morgan fingerprint density at radius 2 is 0.440 bits per heavy atom. The molecule has 22 aromatic carbocycles. The SMILES string of the molecule is CC(C)(C)c1c2ccccc2c(-c2cccc3ccccc23)c2ccc(-c3cc(-c4ccc5c(c4)C(C)(C)c4ccccc4-5)cc(-c4cc5c6c(ccc7cccc(c76)C5(C)C)c4)c3)cc12.CC(C)(C)c1c2ccccc2c(-c2cccc3ccccc23)c2ccc(-c3cc(-c4ccc5c(c4)C(C)(C)c4ccccc4-5)cc(-c4ccc5c(c4)C(C)(C)c4ccc6ccccc6c4-5)c3)cc12. The molecule has 0 aromatic heterocycles. The van der Waals surface area contributed by atoms with Gasteiger partial charge >= 0.3 is 0 Å². The zero-order chi connectivity index (χ0) is 91.1. The van der Waals surface area contributed by atoms with Crippen molar-refractivity contribution < 1.29 is 0 Å². The summed E-state index contributed by atoms with van der Waals surface area (Å²) in [6, 6.07) is 148. The van der Waals surface area contributed by atoms with Crippen molar-refractivity contribution in [3.8, 4) is 122 Å². The summed E-state index contributed by atoms with van der Waals surface area (Å²) >= 11 is 0. The number of hydrogen-bond acceptors (Lipinski definition) is 0. The number of rotatable bonds is 8. The highest BCUT2D eigenvalue weighted by Crippen LogP contribution is 2.58. The molecule has 22 aromatic rings. The van der Waals surface area contributed by atoms with Crippen molar-refractivity contribution >= 4 is 97.0 Å². The standard InChI is InChI=1S/C68H54.C66H52/c1-66(2,3)65-56-24-13-12-23-54(56)63(53-25-16-19-41-17-8-10-20-49(41)53)55-32-28-43(38-58(55)65)46-35-47(44-27-31-52-51-22-14-15-26-59(51)67(4,5)61(52)39-44)37-48(36-46)45-29-33-57-62(40-45)68(6,7)60-34-30-42-18-9-11-21-50(42)64(57)60;1-64(2,3)63-54-22-11-10-21-52(54)62(51-23-14-17-39-16-8-9-19-48(39)51)53-31-29-41(36-55(53)63)44-33-45(42-28-30-50-49-20-12-13-24-56(49)65(4,5)58(50)37-42)35-46(34-44)47-32-43-27-26-40-18-15-25-57-60(40)61(43)59(38-47)66(57,6)7/h8-40H,1-7H3;8-38H,1-7H3. The molecule has 4 aliphatic carbocycles. The maximum atomic E-state index is 2.51. The van der Waals surface area contributed by atoms with E-state index in [1.165, 1.54) is 275 Å². The summed E-state index contributed by atoms with van der Waals surface area (Å²) in [5, 5.41) is 23.6. The van der Waals surface area contributed by atoms with Gasteiger partial charge in [-0.2, -0.15) is 0 Å². The molecule has 0 bridgehead atoms. The van der Waals surface area contributed by atoms with Crippen LogP contribution in [0.5, 0.6) is 0 Å². The fourth-order valence-corrected chi connectivity index (χ4v) is 25.1. The van der Waals surface area contributed by atoms with Crippen molar-refractivity contribution in [2.75, 3.05) is 0 Å². The highest BCUT2D eigenvalue weighted by atomic mass is 14.4. The van der Waals surface area contributed by atoms with Crippen LogP contribution in [0.3, 0.4) is 0 Å². The predicted molar refractivity (Wildman–Crippen MR) is 576 cm³/mol. The van der Waals surface area contributed by atoms with E-state index in [0.29, 0.717) is 0 Å². The minimum Gasteiger partial charge on any atom is -0.0619 e. The van der Waals surface area contributed by atoms with Crippen LogP contribution in [0.15, 0.2) is 388 Å². The van der Waals surface area contributed by atoms with Crippen LogP contribution in [0.4, 0.5) is 0 Å². The summed E-state index contributed by atoms with van der Waals surface area (Å²) in [4.78, 5) is 0. The molecule has 0 radical (unpaired) electrons. The van der Waals surface area contributed by atoms with Gasteiger partial charge in [-0.15, -0.1) is 0 Å². The van der Waals surface area contributed by atoms with Gasteiger partial charge in [0.05, 0.1) is 0 Å². The van der Waals surface area contributed by atoms with Crippen LogP contribution in [0, 0.1) is 0 Å². The van der Waals surface area contributed by atoms with E-state index in [4.69, 9.17) is 0 Å². The lowest BCUT2D eigenvalue weighted by Crippen LogP contribution is -2.15. The molecule has 0 heteroatoms. The smallest absolute Gasteiger partial charge is 0.0159 e. The van der Waals surface area contributed by atoms with Gasteiger partial charge in [-0.1, -0.05) is 406 Å². The van der Waals surface area contributed by atoms with Gasteiger partial charge < -0.3 is 0 Å². The van der Waals surface area contributed by atoms with Gasteiger partial charge in [0.25, 0.3) is 0 Å². The Morgan fingerprint density at radius 3 is 0.918 bits per heavy atom. The van der Waals surface area contributed by atoms with Crippen molar-refractivity contribution in [3.05, 3.63) is 444 Å². The monoisotopic (exact) mass is 1710 g/mol. The van der Waals surface area contributed by atoms with Gasteiger partial charge in [-0.3, -0.25) is 0 Å². The Hall–Kier alpha value is -14.8. The molecule has 0 saturated heterocycles. The van der Waals surface area contributed by atoms with Gasteiger partial charge in [0.1, 0.15) is 0 Å². The molecule has 0 aliphatic heterocycles. The largest absolute Gasteiger partial charge is 0.0619 e. The van der Waals surface area contributed by atoms with Crippen molar-refractivity contribution in [2.45, 2.75) is 129 Å². The third-order valence-corrected chi connectivity index (χ3v) is 31.6. The van der Waals surface area contributed by atoms with Crippen molar-refractivity contribution in [2.24, 2.45) is 0 Å². The van der Waals surface area contributed by atoms with Crippen LogP contribution < -0.4 is 0 Å². The molecule has 134 heavy (non-hydrogen) atoms. The van der Waals surface area contributed by atoms with E-state index in [1.54, 1.807) is 0 Å². The number of fused-ring (bicyclic) bond motifs is 17. The third-order valence-electron chi connectivity index (χ3n) is 31.6. The van der Waals surface area contributed by atoms with Crippen molar-refractivity contribution in [1.82, 2.24) is 0 Å². The molecule has 0 unspecified atom stereocenters. The van der Waals surface area contributed by atoms with Crippen LogP contribution in [0.2, 0.25) is 0 Å². The summed E-state index contributed by atoms with van der Waals surface area (Å²) < 4.78 is 0. The first kappa shape index (κ1) is 81.2. The molecule has 0 heterocycles. The summed E-state index contributed by atoms with van der Waals surface area (Å²) in [7, 11) is 0. The molecule has 0 amide bonds. The zero-order valence-electron chi connectivity index (χ0n) is 79.0. The fourth-order valence-electron chi connectivity index (χ4n) is 25.1. The Bertz CT molecular complexity index is 8860. The zero-order valence-corrected chi connectivity index (χ0v) is 79.0. The highest BCUT2D eigenvalue weighted by molar-refractivity contribution is 6.22. The van der Waals surface area contributed by atoms with Crippen molar-refractivity contribution in [3.63, 3.8) is 0 Å². The van der Waals surface area contributed by atoms with Gasteiger partial charge in [0.2, 0.25) is 0 Å². The van der Waals surface area contributed by atoms with Crippen LogP contribution >= 0.6 is 0 Å².